The van der Waals surface area contributed by atoms with Gasteiger partial charge in [-0.1, -0.05) is 46.3 Å². The average molecular weight is 317 g/mol. The molecule has 0 amide bonds. The van der Waals surface area contributed by atoms with Gasteiger partial charge in [0.2, 0.25) is 0 Å². The van der Waals surface area contributed by atoms with E-state index >= 15 is 0 Å². The van der Waals surface area contributed by atoms with Gasteiger partial charge in [-0.15, -0.1) is 0 Å². The predicted octanol–water partition coefficient (Wildman–Crippen LogP) is 3.29. The number of rotatable bonds is 8. The van der Waals surface area contributed by atoms with Crippen LogP contribution in [0, 0.1) is 0 Å². The van der Waals surface area contributed by atoms with Crippen molar-refractivity contribution in [2.24, 2.45) is 0 Å². The molecule has 1 atom stereocenters. The normalized spacial score (nSPS) is 12.9. The van der Waals surface area contributed by atoms with Crippen LogP contribution in [0.3, 0.4) is 0 Å². The summed E-state index contributed by atoms with van der Waals surface area (Å²) in [4.78, 5) is 0. The van der Waals surface area contributed by atoms with E-state index in [-0.39, 0.29) is 0 Å². The van der Waals surface area contributed by atoms with E-state index in [2.05, 4.69) is 40.2 Å². The Hall–Kier alpha value is -0.163. The topological polar surface area (TPSA) is 18.5 Å². The summed E-state index contributed by atoms with van der Waals surface area (Å²) in [6.07, 6.45) is 1.03. The molecule has 0 fully saturated rings. The van der Waals surface area contributed by atoms with Gasteiger partial charge in [0.1, 0.15) is 0 Å². The van der Waals surface area contributed by atoms with E-state index in [4.69, 9.17) is 8.85 Å². The molecular formula is C13H21BrO2Si. The molecule has 0 saturated heterocycles. The van der Waals surface area contributed by atoms with E-state index in [1.807, 2.05) is 19.9 Å². The lowest BCUT2D eigenvalue weighted by Gasteiger charge is -2.23. The van der Waals surface area contributed by atoms with Crippen molar-refractivity contribution in [3.05, 3.63) is 35.9 Å². The van der Waals surface area contributed by atoms with E-state index in [9.17, 15) is 0 Å². The minimum absolute atomic E-state index is 0.484. The third-order valence-electron chi connectivity index (χ3n) is 2.59. The molecule has 1 aromatic carbocycles. The van der Waals surface area contributed by atoms with Crippen LogP contribution in [0.4, 0.5) is 0 Å². The lowest BCUT2D eigenvalue weighted by Crippen LogP contribution is -2.31. The SMILES string of the molecule is CCO[SiH](OCC)C(CBr)Cc1ccccc1. The minimum atomic E-state index is -1.57. The highest BCUT2D eigenvalue weighted by Gasteiger charge is 2.25. The Morgan fingerprint density at radius 2 is 1.71 bits per heavy atom. The maximum Gasteiger partial charge on any atom is 0.325 e. The van der Waals surface area contributed by atoms with Crippen molar-refractivity contribution in [2.45, 2.75) is 25.8 Å². The standard InChI is InChI=1S/C13H21BrO2Si/c1-3-15-17(16-4-2)13(11-14)10-12-8-6-5-7-9-12/h5-9,13,17H,3-4,10-11H2,1-2H3. The van der Waals surface area contributed by atoms with Crippen molar-refractivity contribution in [1.82, 2.24) is 0 Å². The van der Waals surface area contributed by atoms with Crippen molar-refractivity contribution in [1.29, 1.82) is 0 Å². The molecule has 17 heavy (non-hydrogen) atoms. The molecule has 1 aromatic rings. The molecule has 0 aliphatic heterocycles. The fourth-order valence-electron chi connectivity index (χ4n) is 1.79. The van der Waals surface area contributed by atoms with Crippen LogP contribution in [0.5, 0.6) is 0 Å². The highest BCUT2D eigenvalue weighted by molar-refractivity contribution is 9.09. The van der Waals surface area contributed by atoms with Crippen LogP contribution in [-0.2, 0) is 15.3 Å². The first-order valence-corrected chi connectivity index (χ1v) is 8.88. The summed E-state index contributed by atoms with van der Waals surface area (Å²) < 4.78 is 11.6. The van der Waals surface area contributed by atoms with Crippen molar-refractivity contribution in [3.8, 4) is 0 Å². The van der Waals surface area contributed by atoms with E-state index in [1.165, 1.54) is 5.56 Å². The highest BCUT2D eigenvalue weighted by Crippen LogP contribution is 2.21. The van der Waals surface area contributed by atoms with Crippen molar-refractivity contribution in [3.63, 3.8) is 0 Å². The molecular weight excluding hydrogens is 296 g/mol. The van der Waals surface area contributed by atoms with Crippen LogP contribution in [0.15, 0.2) is 30.3 Å². The van der Waals surface area contributed by atoms with Crippen LogP contribution in [0.1, 0.15) is 19.4 Å². The van der Waals surface area contributed by atoms with Gasteiger partial charge in [0.15, 0.2) is 0 Å². The molecule has 2 nitrogen and oxygen atoms in total. The van der Waals surface area contributed by atoms with Gasteiger partial charge >= 0.3 is 9.28 Å². The molecule has 96 valence electrons. The summed E-state index contributed by atoms with van der Waals surface area (Å²) in [5, 5.41) is 0.943. The van der Waals surface area contributed by atoms with E-state index < -0.39 is 9.28 Å². The van der Waals surface area contributed by atoms with E-state index in [0.717, 1.165) is 25.0 Å². The largest absolute Gasteiger partial charge is 0.397 e. The lowest BCUT2D eigenvalue weighted by molar-refractivity contribution is 0.205. The van der Waals surface area contributed by atoms with Gasteiger partial charge in [-0.05, 0) is 25.8 Å². The van der Waals surface area contributed by atoms with Crippen LogP contribution < -0.4 is 0 Å². The van der Waals surface area contributed by atoms with Gasteiger partial charge in [0, 0.05) is 24.1 Å². The summed E-state index contributed by atoms with van der Waals surface area (Å²) in [5.74, 6) is 0. The Bertz CT molecular complexity index is 289. The van der Waals surface area contributed by atoms with Crippen molar-refractivity contribution in [2.75, 3.05) is 18.5 Å². The molecule has 0 N–H and O–H groups in total. The van der Waals surface area contributed by atoms with Crippen LogP contribution >= 0.6 is 15.9 Å². The quantitative estimate of drug-likeness (QED) is 0.541. The molecule has 0 spiro atoms. The zero-order valence-corrected chi connectivity index (χ0v) is 13.3. The third kappa shape index (κ3) is 5.34. The fourth-order valence-corrected chi connectivity index (χ4v) is 4.84. The van der Waals surface area contributed by atoms with Gasteiger partial charge in [-0.3, -0.25) is 0 Å². The van der Waals surface area contributed by atoms with Gasteiger partial charge in [0.25, 0.3) is 0 Å². The fraction of sp³-hybridized carbons (Fsp3) is 0.538. The van der Waals surface area contributed by atoms with Crippen molar-refractivity contribution < 1.29 is 8.85 Å². The van der Waals surface area contributed by atoms with Gasteiger partial charge in [-0.2, -0.15) is 0 Å². The van der Waals surface area contributed by atoms with Gasteiger partial charge in [-0.25, -0.2) is 0 Å². The Kier molecular flexibility index (Phi) is 7.76. The van der Waals surface area contributed by atoms with Crippen LogP contribution in [0.2, 0.25) is 5.54 Å². The first-order valence-electron chi connectivity index (χ1n) is 6.14. The minimum Gasteiger partial charge on any atom is -0.397 e. The smallest absolute Gasteiger partial charge is 0.325 e. The number of halogens is 1. The molecule has 1 unspecified atom stereocenters. The first-order chi connectivity index (χ1) is 8.31. The maximum absolute atomic E-state index is 5.79. The monoisotopic (exact) mass is 316 g/mol. The molecule has 0 bridgehead atoms. The lowest BCUT2D eigenvalue weighted by atomic mass is 10.1. The number of hydrogen-bond acceptors (Lipinski definition) is 2. The molecule has 0 saturated carbocycles. The third-order valence-corrected chi connectivity index (χ3v) is 6.67. The zero-order valence-electron chi connectivity index (χ0n) is 10.6. The number of alkyl halides is 1. The highest BCUT2D eigenvalue weighted by atomic mass is 79.9. The summed E-state index contributed by atoms with van der Waals surface area (Å²) in [7, 11) is -1.57. The second-order valence-corrected chi connectivity index (χ2v) is 6.88. The summed E-state index contributed by atoms with van der Waals surface area (Å²) in [6.45, 7) is 5.56. The van der Waals surface area contributed by atoms with Crippen molar-refractivity contribution >= 4 is 25.2 Å². The molecule has 0 aromatic heterocycles. The second kappa shape index (κ2) is 8.86. The Balaban J connectivity index is 2.61. The molecule has 0 radical (unpaired) electrons. The summed E-state index contributed by atoms with van der Waals surface area (Å²) in [5.41, 5.74) is 1.84. The molecule has 1 rings (SSSR count). The zero-order chi connectivity index (χ0) is 12.5. The molecule has 0 aliphatic carbocycles. The van der Waals surface area contributed by atoms with E-state index in [0.29, 0.717) is 5.54 Å². The van der Waals surface area contributed by atoms with Gasteiger partial charge in [0.05, 0.1) is 0 Å². The second-order valence-electron chi connectivity index (χ2n) is 3.88. The molecule has 0 aliphatic rings. The van der Waals surface area contributed by atoms with Crippen LogP contribution in [0.25, 0.3) is 0 Å². The summed E-state index contributed by atoms with van der Waals surface area (Å²) in [6, 6.07) is 10.5. The Morgan fingerprint density at radius 3 is 2.18 bits per heavy atom. The number of hydrogen-bond donors (Lipinski definition) is 0. The molecule has 0 heterocycles. The first kappa shape index (κ1) is 14.9. The van der Waals surface area contributed by atoms with Crippen LogP contribution in [-0.4, -0.2) is 27.8 Å². The van der Waals surface area contributed by atoms with Gasteiger partial charge < -0.3 is 8.85 Å². The summed E-state index contributed by atoms with van der Waals surface area (Å²) >= 11 is 3.59. The number of benzene rings is 1. The molecule has 4 heteroatoms. The Labute approximate surface area is 114 Å². The van der Waals surface area contributed by atoms with E-state index in [1.54, 1.807) is 0 Å². The Morgan fingerprint density at radius 1 is 1.12 bits per heavy atom. The predicted molar refractivity (Wildman–Crippen MR) is 78.1 cm³/mol. The average Bonchev–Trinajstić information content (AvgIpc) is 2.37. The maximum atomic E-state index is 5.79.